The molecule has 0 spiro atoms. The van der Waals surface area contributed by atoms with Gasteiger partial charge in [-0.2, -0.15) is 0 Å². The first-order chi connectivity index (χ1) is 5.81. The lowest BCUT2D eigenvalue weighted by molar-refractivity contribution is -0.127. The molecular formula is C9H14BrNO. The SMILES string of the molecule is O=C(CBr)N1CC2CCCC2C1. The van der Waals surface area contributed by atoms with E-state index >= 15 is 0 Å². The highest BCUT2D eigenvalue weighted by atomic mass is 79.9. The molecule has 2 aliphatic rings. The van der Waals surface area contributed by atoms with Crippen LogP contribution in [0.15, 0.2) is 0 Å². The molecule has 1 amide bonds. The quantitative estimate of drug-likeness (QED) is 0.629. The highest BCUT2D eigenvalue weighted by Gasteiger charge is 2.37. The van der Waals surface area contributed by atoms with Gasteiger partial charge in [0.15, 0.2) is 0 Å². The van der Waals surface area contributed by atoms with Gasteiger partial charge >= 0.3 is 0 Å². The van der Waals surface area contributed by atoms with Gasteiger partial charge in [-0.1, -0.05) is 22.4 Å². The summed E-state index contributed by atoms with van der Waals surface area (Å²) in [4.78, 5) is 13.3. The lowest BCUT2D eigenvalue weighted by atomic mass is 10.0. The Bertz CT molecular complexity index is 183. The predicted molar refractivity (Wildman–Crippen MR) is 51.2 cm³/mol. The summed E-state index contributed by atoms with van der Waals surface area (Å²) in [5.74, 6) is 1.92. The lowest BCUT2D eigenvalue weighted by Gasteiger charge is -2.15. The molecule has 2 rings (SSSR count). The lowest BCUT2D eigenvalue weighted by Crippen LogP contribution is -2.30. The molecule has 1 saturated heterocycles. The summed E-state index contributed by atoms with van der Waals surface area (Å²) in [6, 6.07) is 0. The summed E-state index contributed by atoms with van der Waals surface area (Å²) in [7, 11) is 0. The Morgan fingerprint density at radius 2 is 1.92 bits per heavy atom. The molecule has 1 heterocycles. The molecule has 0 radical (unpaired) electrons. The molecule has 1 saturated carbocycles. The van der Waals surface area contributed by atoms with Gasteiger partial charge in [0.25, 0.3) is 0 Å². The van der Waals surface area contributed by atoms with Crippen molar-refractivity contribution in [2.75, 3.05) is 18.4 Å². The summed E-state index contributed by atoms with van der Waals surface area (Å²) < 4.78 is 0. The molecule has 68 valence electrons. The van der Waals surface area contributed by atoms with Gasteiger partial charge in [0.05, 0.1) is 5.33 Å². The van der Waals surface area contributed by atoms with E-state index in [4.69, 9.17) is 0 Å². The Hall–Kier alpha value is -0.0500. The van der Waals surface area contributed by atoms with E-state index in [1.165, 1.54) is 19.3 Å². The van der Waals surface area contributed by atoms with E-state index in [0.717, 1.165) is 24.9 Å². The maximum absolute atomic E-state index is 11.3. The minimum absolute atomic E-state index is 0.268. The topological polar surface area (TPSA) is 20.3 Å². The number of hydrogen-bond acceptors (Lipinski definition) is 1. The molecule has 2 fully saturated rings. The zero-order valence-corrected chi connectivity index (χ0v) is 8.72. The van der Waals surface area contributed by atoms with Crippen LogP contribution in [0.1, 0.15) is 19.3 Å². The van der Waals surface area contributed by atoms with Gasteiger partial charge in [-0.15, -0.1) is 0 Å². The van der Waals surface area contributed by atoms with Crippen LogP contribution in [0, 0.1) is 11.8 Å². The van der Waals surface area contributed by atoms with Gasteiger partial charge in [-0.3, -0.25) is 4.79 Å². The highest BCUT2D eigenvalue weighted by molar-refractivity contribution is 9.09. The summed E-state index contributed by atoms with van der Waals surface area (Å²) >= 11 is 3.21. The zero-order chi connectivity index (χ0) is 8.55. The first-order valence-electron chi connectivity index (χ1n) is 4.65. The van der Waals surface area contributed by atoms with E-state index in [-0.39, 0.29) is 5.91 Å². The fourth-order valence-electron chi connectivity index (χ4n) is 2.52. The molecule has 2 unspecified atom stereocenters. The number of fused-ring (bicyclic) bond motifs is 1. The molecule has 2 atom stereocenters. The van der Waals surface area contributed by atoms with Crippen molar-refractivity contribution >= 4 is 21.8 Å². The van der Waals surface area contributed by atoms with Crippen molar-refractivity contribution in [3.05, 3.63) is 0 Å². The van der Waals surface area contributed by atoms with Crippen LogP contribution in [-0.2, 0) is 4.79 Å². The molecule has 1 aliphatic heterocycles. The second-order valence-electron chi connectivity index (χ2n) is 3.88. The predicted octanol–water partition coefficient (Wildman–Crippen LogP) is 1.64. The molecule has 2 nitrogen and oxygen atoms in total. The van der Waals surface area contributed by atoms with Gasteiger partial charge in [0.2, 0.25) is 5.91 Å². The van der Waals surface area contributed by atoms with Crippen molar-refractivity contribution in [2.24, 2.45) is 11.8 Å². The van der Waals surface area contributed by atoms with Crippen molar-refractivity contribution in [1.29, 1.82) is 0 Å². The second-order valence-corrected chi connectivity index (χ2v) is 4.44. The molecule has 1 aliphatic carbocycles. The molecule has 0 aromatic rings. The second kappa shape index (κ2) is 3.36. The Balaban J connectivity index is 1.94. The molecule has 0 aromatic carbocycles. The molecular weight excluding hydrogens is 218 g/mol. The van der Waals surface area contributed by atoms with Gasteiger partial charge in [-0.05, 0) is 24.7 Å². The van der Waals surface area contributed by atoms with Crippen LogP contribution in [-0.4, -0.2) is 29.2 Å². The Morgan fingerprint density at radius 1 is 1.33 bits per heavy atom. The summed E-state index contributed by atoms with van der Waals surface area (Å²) in [6.07, 6.45) is 4.07. The zero-order valence-electron chi connectivity index (χ0n) is 7.13. The number of alkyl halides is 1. The van der Waals surface area contributed by atoms with Crippen LogP contribution in [0.4, 0.5) is 0 Å². The fraction of sp³-hybridized carbons (Fsp3) is 0.889. The molecule has 0 bridgehead atoms. The summed E-state index contributed by atoms with van der Waals surface area (Å²) in [5.41, 5.74) is 0. The molecule has 12 heavy (non-hydrogen) atoms. The van der Waals surface area contributed by atoms with Crippen LogP contribution in [0.25, 0.3) is 0 Å². The highest BCUT2D eigenvalue weighted by Crippen LogP contribution is 2.37. The maximum atomic E-state index is 11.3. The average molecular weight is 232 g/mol. The third kappa shape index (κ3) is 1.39. The number of rotatable bonds is 1. The normalized spacial score (nSPS) is 33.9. The van der Waals surface area contributed by atoms with Crippen LogP contribution < -0.4 is 0 Å². The number of carbonyl (C=O) groups excluding carboxylic acids is 1. The minimum atomic E-state index is 0.268. The molecule has 3 heteroatoms. The molecule has 0 N–H and O–H groups in total. The Kier molecular flexibility index (Phi) is 2.40. The van der Waals surface area contributed by atoms with Gasteiger partial charge in [0.1, 0.15) is 0 Å². The Morgan fingerprint density at radius 3 is 2.42 bits per heavy atom. The minimum Gasteiger partial charge on any atom is -0.341 e. The van der Waals surface area contributed by atoms with E-state index in [1.807, 2.05) is 4.90 Å². The van der Waals surface area contributed by atoms with Crippen LogP contribution in [0.3, 0.4) is 0 Å². The van der Waals surface area contributed by atoms with Gasteiger partial charge in [0, 0.05) is 13.1 Å². The van der Waals surface area contributed by atoms with Crippen LogP contribution >= 0.6 is 15.9 Å². The van der Waals surface area contributed by atoms with E-state index in [0.29, 0.717) is 5.33 Å². The van der Waals surface area contributed by atoms with E-state index in [1.54, 1.807) is 0 Å². The summed E-state index contributed by atoms with van der Waals surface area (Å²) in [6.45, 7) is 2.05. The number of amides is 1. The standard InChI is InChI=1S/C9H14BrNO/c10-4-9(12)11-5-7-2-1-3-8(7)6-11/h7-8H,1-6H2. The van der Waals surface area contributed by atoms with Crippen molar-refractivity contribution in [1.82, 2.24) is 4.90 Å². The number of likely N-dealkylation sites (tertiary alicyclic amines) is 1. The van der Waals surface area contributed by atoms with E-state index in [9.17, 15) is 4.79 Å². The first kappa shape index (κ1) is 8.54. The van der Waals surface area contributed by atoms with Crippen molar-refractivity contribution in [2.45, 2.75) is 19.3 Å². The van der Waals surface area contributed by atoms with E-state index < -0.39 is 0 Å². The van der Waals surface area contributed by atoms with Crippen LogP contribution in [0.5, 0.6) is 0 Å². The monoisotopic (exact) mass is 231 g/mol. The maximum Gasteiger partial charge on any atom is 0.233 e. The van der Waals surface area contributed by atoms with Crippen molar-refractivity contribution in [3.63, 3.8) is 0 Å². The fourth-order valence-corrected chi connectivity index (χ4v) is 2.88. The third-order valence-corrected chi connectivity index (χ3v) is 3.67. The summed E-state index contributed by atoms with van der Waals surface area (Å²) in [5, 5.41) is 0.492. The van der Waals surface area contributed by atoms with Crippen molar-refractivity contribution in [3.8, 4) is 0 Å². The molecule has 0 aromatic heterocycles. The van der Waals surface area contributed by atoms with E-state index in [2.05, 4.69) is 15.9 Å². The third-order valence-electron chi connectivity index (χ3n) is 3.19. The number of halogens is 1. The van der Waals surface area contributed by atoms with Crippen LogP contribution in [0.2, 0.25) is 0 Å². The van der Waals surface area contributed by atoms with Gasteiger partial charge < -0.3 is 4.90 Å². The van der Waals surface area contributed by atoms with Crippen molar-refractivity contribution < 1.29 is 4.79 Å². The first-order valence-corrected chi connectivity index (χ1v) is 5.77. The van der Waals surface area contributed by atoms with Gasteiger partial charge in [-0.25, -0.2) is 0 Å². The number of hydrogen-bond donors (Lipinski definition) is 0. The number of carbonyl (C=O) groups is 1. The average Bonchev–Trinajstić information content (AvgIpc) is 2.60. The largest absolute Gasteiger partial charge is 0.341 e. The Labute approximate surface area is 81.4 Å². The number of nitrogens with zero attached hydrogens (tertiary/aromatic N) is 1. The smallest absolute Gasteiger partial charge is 0.233 e.